The molecule has 0 saturated carbocycles. The van der Waals surface area contributed by atoms with Crippen molar-refractivity contribution in [1.29, 1.82) is 0 Å². The predicted molar refractivity (Wildman–Crippen MR) is 126 cm³/mol. The quantitative estimate of drug-likeness (QED) is 0.398. The van der Waals surface area contributed by atoms with Gasteiger partial charge in [0.15, 0.2) is 0 Å². The maximum atomic E-state index is 12.1. The van der Waals surface area contributed by atoms with Crippen LogP contribution in [0.5, 0.6) is 5.75 Å². The molecule has 2 N–H and O–H groups in total. The van der Waals surface area contributed by atoms with Crippen LogP contribution < -0.4 is 14.8 Å². The maximum Gasteiger partial charge on any atom is 0.224 e. The van der Waals surface area contributed by atoms with Crippen molar-refractivity contribution < 1.29 is 17.9 Å². The molecule has 0 aliphatic rings. The van der Waals surface area contributed by atoms with E-state index in [1.165, 1.54) is 11.6 Å². The Hall–Kier alpha value is -2.64. The van der Waals surface area contributed by atoms with Crippen molar-refractivity contribution in [3.63, 3.8) is 0 Å². The van der Waals surface area contributed by atoms with Crippen LogP contribution in [0.4, 0.5) is 5.69 Å². The molecule has 0 heterocycles. The lowest BCUT2D eigenvalue weighted by atomic mass is 9.87. The highest BCUT2D eigenvalue weighted by atomic mass is 32.2. The van der Waals surface area contributed by atoms with Gasteiger partial charge in [0.1, 0.15) is 5.75 Å². The number of benzene rings is 2. The second kappa shape index (κ2) is 11.1. The highest BCUT2D eigenvalue weighted by Gasteiger charge is 2.13. The standard InChI is InChI=1S/C24H32N2O4S/c1-5-16-25-31(28,29)18-19-8-12-21(13-9-19)26-23(27)7-6-17-30-22-14-10-20(11-15-22)24(2,3)4/h5,8-15,25H,1,6-7,16-18H2,2-4H3,(H,26,27). The topological polar surface area (TPSA) is 84.5 Å². The Labute approximate surface area is 185 Å². The summed E-state index contributed by atoms with van der Waals surface area (Å²) in [6, 6.07) is 14.8. The molecule has 6 nitrogen and oxygen atoms in total. The van der Waals surface area contributed by atoms with Crippen molar-refractivity contribution in [3.8, 4) is 5.75 Å². The summed E-state index contributed by atoms with van der Waals surface area (Å²) in [4.78, 5) is 12.1. The molecule has 168 valence electrons. The first-order valence-electron chi connectivity index (χ1n) is 10.3. The first kappa shape index (κ1) is 24.6. The summed E-state index contributed by atoms with van der Waals surface area (Å²) < 4.78 is 31.9. The summed E-state index contributed by atoms with van der Waals surface area (Å²) in [5, 5.41) is 2.82. The van der Waals surface area contributed by atoms with Crippen molar-refractivity contribution in [2.45, 2.75) is 44.8 Å². The third-order valence-corrected chi connectivity index (χ3v) is 5.90. The average Bonchev–Trinajstić information content (AvgIpc) is 2.71. The number of carbonyl (C=O) groups excluding carboxylic acids is 1. The smallest absolute Gasteiger partial charge is 0.224 e. The summed E-state index contributed by atoms with van der Waals surface area (Å²) in [6.45, 7) is 10.6. The summed E-state index contributed by atoms with van der Waals surface area (Å²) in [5.41, 5.74) is 2.62. The molecule has 0 aliphatic carbocycles. The van der Waals surface area contributed by atoms with Crippen molar-refractivity contribution >= 4 is 21.6 Å². The maximum absolute atomic E-state index is 12.1. The molecule has 0 aromatic heterocycles. The largest absolute Gasteiger partial charge is 0.494 e. The number of ether oxygens (including phenoxy) is 1. The molecule has 0 bridgehead atoms. The molecule has 31 heavy (non-hydrogen) atoms. The number of carbonyl (C=O) groups is 1. The van der Waals surface area contributed by atoms with Crippen molar-refractivity contribution in [1.82, 2.24) is 4.72 Å². The third kappa shape index (κ3) is 8.94. The minimum absolute atomic E-state index is 0.103. The molecule has 0 unspecified atom stereocenters. The fraction of sp³-hybridized carbons (Fsp3) is 0.375. The second-order valence-electron chi connectivity index (χ2n) is 8.37. The number of amides is 1. The number of hydrogen-bond donors (Lipinski definition) is 2. The third-order valence-electron chi connectivity index (χ3n) is 4.58. The minimum Gasteiger partial charge on any atom is -0.494 e. The molecule has 2 aromatic rings. The van der Waals surface area contributed by atoms with Gasteiger partial charge in [-0.2, -0.15) is 0 Å². The molecular weight excluding hydrogens is 412 g/mol. The van der Waals surface area contributed by atoms with Crippen molar-refractivity contribution in [2.75, 3.05) is 18.5 Å². The van der Waals surface area contributed by atoms with E-state index in [1.54, 1.807) is 24.3 Å². The van der Waals surface area contributed by atoms with Crippen molar-refractivity contribution in [2.24, 2.45) is 0 Å². The van der Waals surface area contributed by atoms with Gasteiger partial charge in [-0.05, 0) is 47.2 Å². The zero-order chi connectivity index (χ0) is 22.9. The SMILES string of the molecule is C=CCNS(=O)(=O)Cc1ccc(NC(=O)CCCOc2ccc(C(C)(C)C)cc2)cc1. The zero-order valence-electron chi connectivity index (χ0n) is 18.5. The van der Waals surface area contributed by atoms with E-state index >= 15 is 0 Å². The second-order valence-corrected chi connectivity index (χ2v) is 10.2. The van der Waals surface area contributed by atoms with Crippen LogP contribution in [0.1, 0.15) is 44.7 Å². The van der Waals surface area contributed by atoms with Crippen LogP contribution in [0.25, 0.3) is 0 Å². The van der Waals surface area contributed by atoms with E-state index in [9.17, 15) is 13.2 Å². The fourth-order valence-corrected chi connectivity index (χ4v) is 3.94. The van der Waals surface area contributed by atoms with E-state index in [4.69, 9.17) is 4.74 Å². The van der Waals surface area contributed by atoms with Crippen LogP contribution in [0, 0.1) is 0 Å². The molecule has 2 rings (SSSR count). The van der Waals surface area contributed by atoms with E-state index in [2.05, 4.69) is 49.5 Å². The summed E-state index contributed by atoms with van der Waals surface area (Å²) >= 11 is 0. The lowest BCUT2D eigenvalue weighted by Crippen LogP contribution is -2.25. The first-order chi connectivity index (χ1) is 14.6. The molecule has 1 amide bonds. The minimum atomic E-state index is -3.40. The number of anilines is 1. The van der Waals surface area contributed by atoms with Crippen LogP contribution in [0.2, 0.25) is 0 Å². The van der Waals surface area contributed by atoms with Gasteiger partial charge in [-0.25, -0.2) is 13.1 Å². The van der Waals surface area contributed by atoms with Gasteiger partial charge in [-0.3, -0.25) is 4.79 Å². The van der Waals surface area contributed by atoms with Gasteiger partial charge in [-0.15, -0.1) is 6.58 Å². The van der Waals surface area contributed by atoms with Gasteiger partial charge in [0.25, 0.3) is 0 Å². The highest BCUT2D eigenvalue weighted by Crippen LogP contribution is 2.24. The predicted octanol–water partition coefficient (Wildman–Crippen LogP) is 4.39. The van der Waals surface area contributed by atoms with Gasteiger partial charge in [0.05, 0.1) is 12.4 Å². The number of hydrogen-bond acceptors (Lipinski definition) is 4. The van der Waals surface area contributed by atoms with E-state index in [1.807, 2.05) is 12.1 Å². The van der Waals surface area contributed by atoms with E-state index in [0.717, 1.165) is 5.75 Å². The molecule has 0 radical (unpaired) electrons. The van der Waals surface area contributed by atoms with Crippen LogP contribution >= 0.6 is 0 Å². The molecule has 7 heteroatoms. The molecule has 0 spiro atoms. The molecule has 2 aromatic carbocycles. The Morgan fingerprint density at radius 3 is 2.29 bits per heavy atom. The summed E-state index contributed by atoms with van der Waals surface area (Å²) in [5.74, 6) is 0.560. The first-order valence-corrected chi connectivity index (χ1v) is 11.9. The molecule has 0 fully saturated rings. The summed E-state index contributed by atoms with van der Waals surface area (Å²) in [6.07, 6.45) is 2.42. The Morgan fingerprint density at radius 2 is 1.71 bits per heavy atom. The van der Waals surface area contributed by atoms with Crippen LogP contribution in [-0.2, 0) is 26.0 Å². The van der Waals surface area contributed by atoms with E-state index < -0.39 is 10.0 Å². The van der Waals surface area contributed by atoms with Gasteiger partial charge in [0.2, 0.25) is 15.9 Å². The van der Waals surface area contributed by atoms with Crippen LogP contribution in [-0.4, -0.2) is 27.5 Å². The molecule has 0 atom stereocenters. The lowest BCUT2D eigenvalue weighted by Gasteiger charge is -2.19. The Bertz CT molecular complexity index is 960. The fourth-order valence-electron chi connectivity index (χ4n) is 2.84. The lowest BCUT2D eigenvalue weighted by molar-refractivity contribution is -0.116. The summed E-state index contributed by atoms with van der Waals surface area (Å²) in [7, 11) is -3.40. The highest BCUT2D eigenvalue weighted by molar-refractivity contribution is 7.88. The normalized spacial score (nSPS) is 11.7. The van der Waals surface area contributed by atoms with Crippen molar-refractivity contribution in [3.05, 3.63) is 72.3 Å². The van der Waals surface area contributed by atoms with E-state index in [0.29, 0.717) is 30.7 Å². The Kier molecular flexibility index (Phi) is 8.83. The van der Waals surface area contributed by atoms with Gasteiger partial charge >= 0.3 is 0 Å². The Balaban J connectivity index is 1.73. The molecular formula is C24H32N2O4S. The number of nitrogens with one attached hydrogen (secondary N) is 2. The number of rotatable bonds is 11. The zero-order valence-corrected chi connectivity index (χ0v) is 19.3. The van der Waals surface area contributed by atoms with Gasteiger partial charge in [0, 0.05) is 18.7 Å². The molecule has 0 saturated heterocycles. The van der Waals surface area contributed by atoms with E-state index in [-0.39, 0.29) is 23.6 Å². The van der Waals surface area contributed by atoms with Crippen LogP contribution in [0.3, 0.4) is 0 Å². The monoisotopic (exact) mass is 444 g/mol. The number of sulfonamides is 1. The Morgan fingerprint density at radius 1 is 1.06 bits per heavy atom. The van der Waals surface area contributed by atoms with Gasteiger partial charge in [-0.1, -0.05) is 51.1 Å². The van der Waals surface area contributed by atoms with Gasteiger partial charge < -0.3 is 10.1 Å². The van der Waals surface area contributed by atoms with Crippen LogP contribution in [0.15, 0.2) is 61.2 Å². The molecule has 0 aliphatic heterocycles. The average molecular weight is 445 g/mol.